The predicted molar refractivity (Wildman–Crippen MR) is 67.4 cm³/mol. The highest BCUT2D eigenvalue weighted by atomic mass is 16.6. The maximum atomic E-state index is 11.0. The Hall–Kier alpha value is -2.13. The van der Waals surface area contributed by atoms with Crippen LogP contribution in [0.2, 0.25) is 0 Å². The van der Waals surface area contributed by atoms with Gasteiger partial charge in [-0.05, 0) is 25.5 Å². The maximum Gasteiger partial charge on any atom is 0.309 e. The van der Waals surface area contributed by atoms with Crippen molar-refractivity contribution in [2.24, 2.45) is 0 Å². The van der Waals surface area contributed by atoms with Crippen molar-refractivity contribution < 1.29 is 9.66 Å². The van der Waals surface area contributed by atoms with Crippen LogP contribution in [0.5, 0.6) is 0 Å². The summed E-state index contributed by atoms with van der Waals surface area (Å²) in [5, 5.41) is 22.9. The number of ether oxygens (including phenoxy) is 1. The number of rotatable bonds is 6. The van der Waals surface area contributed by atoms with Crippen molar-refractivity contribution in [2.45, 2.75) is 19.4 Å². The molecule has 1 aromatic rings. The van der Waals surface area contributed by atoms with Crippen molar-refractivity contribution in [3.05, 3.63) is 33.9 Å². The molecule has 6 nitrogen and oxygen atoms in total. The molecule has 1 aromatic carbocycles. The fourth-order valence-corrected chi connectivity index (χ4v) is 1.58. The van der Waals surface area contributed by atoms with Gasteiger partial charge in [-0.2, -0.15) is 5.26 Å². The van der Waals surface area contributed by atoms with Gasteiger partial charge in [0.25, 0.3) is 0 Å². The van der Waals surface area contributed by atoms with Crippen LogP contribution in [0.3, 0.4) is 0 Å². The number of para-hydroxylation sites is 1. The van der Waals surface area contributed by atoms with Gasteiger partial charge in [0.2, 0.25) is 0 Å². The van der Waals surface area contributed by atoms with Crippen molar-refractivity contribution in [3.63, 3.8) is 0 Å². The second-order valence-electron chi connectivity index (χ2n) is 3.90. The van der Waals surface area contributed by atoms with E-state index in [0.717, 1.165) is 6.42 Å². The Bertz CT molecular complexity index is 468. The van der Waals surface area contributed by atoms with Gasteiger partial charge in [0.1, 0.15) is 17.3 Å². The summed E-state index contributed by atoms with van der Waals surface area (Å²) < 4.78 is 4.95. The Labute approximate surface area is 105 Å². The van der Waals surface area contributed by atoms with Gasteiger partial charge in [-0.15, -0.1) is 0 Å². The van der Waals surface area contributed by atoms with Crippen molar-refractivity contribution in [1.82, 2.24) is 0 Å². The van der Waals surface area contributed by atoms with Crippen LogP contribution in [-0.2, 0) is 4.74 Å². The first-order valence-corrected chi connectivity index (χ1v) is 5.53. The van der Waals surface area contributed by atoms with E-state index in [4.69, 9.17) is 10.00 Å². The average Bonchev–Trinajstić information content (AvgIpc) is 2.35. The number of methoxy groups -OCH3 is 1. The monoisotopic (exact) mass is 249 g/mol. The van der Waals surface area contributed by atoms with Crippen LogP contribution in [0.4, 0.5) is 11.4 Å². The normalized spacial score (nSPS) is 11.6. The number of hydrogen-bond donors (Lipinski definition) is 1. The number of anilines is 1. The molecule has 0 aromatic heterocycles. The van der Waals surface area contributed by atoms with E-state index < -0.39 is 4.92 Å². The molecule has 1 rings (SSSR count). The third kappa shape index (κ3) is 3.43. The summed E-state index contributed by atoms with van der Waals surface area (Å²) in [5.74, 6) is 0. The molecular formula is C12H15N3O3. The van der Waals surface area contributed by atoms with Crippen LogP contribution in [0, 0.1) is 21.4 Å². The molecule has 0 spiro atoms. The molecule has 0 radical (unpaired) electrons. The Morgan fingerprint density at radius 1 is 1.61 bits per heavy atom. The van der Waals surface area contributed by atoms with Gasteiger partial charge < -0.3 is 10.1 Å². The van der Waals surface area contributed by atoms with Crippen molar-refractivity contribution in [3.8, 4) is 6.07 Å². The minimum atomic E-state index is -0.538. The van der Waals surface area contributed by atoms with E-state index in [1.807, 2.05) is 13.0 Å². The average molecular weight is 249 g/mol. The number of nitrogens with zero attached hydrogens (tertiary/aromatic N) is 2. The molecule has 0 amide bonds. The summed E-state index contributed by atoms with van der Waals surface area (Å²) in [7, 11) is 1.60. The molecule has 0 aliphatic carbocycles. The molecule has 0 saturated heterocycles. The Morgan fingerprint density at radius 2 is 2.33 bits per heavy atom. The van der Waals surface area contributed by atoms with Gasteiger partial charge in [0.05, 0.1) is 4.92 Å². The minimum Gasteiger partial charge on any atom is -0.385 e. The van der Waals surface area contributed by atoms with E-state index in [-0.39, 0.29) is 17.3 Å². The molecule has 1 atom stereocenters. The summed E-state index contributed by atoms with van der Waals surface area (Å²) in [4.78, 5) is 10.4. The van der Waals surface area contributed by atoms with Gasteiger partial charge in [0.15, 0.2) is 0 Å². The van der Waals surface area contributed by atoms with Crippen molar-refractivity contribution in [1.29, 1.82) is 5.26 Å². The van der Waals surface area contributed by atoms with Crippen LogP contribution in [-0.4, -0.2) is 24.7 Å². The van der Waals surface area contributed by atoms with E-state index in [0.29, 0.717) is 12.3 Å². The molecule has 0 aliphatic rings. The lowest BCUT2D eigenvalue weighted by Crippen LogP contribution is -2.18. The van der Waals surface area contributed by atoms with Crippen molar-refractivity contribution in [2.75, 3.05) is 19.0 Å². The summed E-state index contributed by atoms with van der Waals surface area (Å²) in [6.45, 7) is 2.47. The maximum absolute atomic E-state index is 11.0. The SMILES string of the molecule is COCCC(C)Nc1cccc(C#N)c1[N+](=O)[O-]. The quantitative estimate of drug-likeness (QED) is 0.617. The van der Waals surface area contributed by atoms with Crippen LogP contribution in [0.15, 0.2) is 18.2 Å². The Morgan fingerprint density at radius 3 is 2.89 bits per heavy atom. The fraction of sp³-hybridized carbons (Fsp3) is 0.417. The van der Waals surface area contributed by atoms with Gasteiger partial charge in [-0.3, -0.25) is 10.1 Å². The second-order valence-corrected chi connectivity index (χ2v) is 3.90. The number of nitriles is 1. The van der Waals surface area contributed by atoms with E-state index >= 15 is 0 Å². The van der Waals surface area contributed by atoms with E-state index in [1.165, 1.54) is 6.07 Å². The van der Waals surface area contributed by atoms with Gasteiger partial charge in [0, 0.05) is 19.8 Å². The number of hydrogen-bond acceptors (Lipinski definition) is 5. The van der Waals surface area contributed by atoms with Crippen LogP contribution < -0.4 is 5.32 Å². The molecular weight excluding hydrogens is 234 g/mol. The summed E-state index contributed by atoms with van der Waals surface area (Å²) in [6.07, 6.45) is 0.727. The molecule has 0 bridgehead atoms. The Kier molecular flexibility index (Phi) is 5.08. The van der Waals surface area contributed by atoms with E-state index in [2.05, 4.69) is 5.32 Å². The fourth-order valence-electron chi connectivity index (χ4n) is 1.58. The van der Waals surface area contributed by atoms with Crippen LogP contribution in [0.1, 0.15) is 18.9 Å². The highest BCUT2D eigenvalue weighted by Crippen LogP contribution is 2.28. The highest BCUT2D eigenvalue weighted by molar-refractivity contribution is 5.68. The third-order valence-corrected chi connectivity index (χ3v) is 2.50. The zero-order valence-corrected chi connectivity index (χ0v) is 10.3. The van der Waals surface area contributed by atoms with Crippen LogP contribution in [0.25, 0.3) is 0 Å². The number of nitrogens with one attached hydrogen (secondary N) is 1. The van der Waals surface area contributed by atoms with Crippen molar-refractivity contribution >= 4 is 11.4 Å². The van der Waals surface area contributed by atoms with Gasteiger partial charge in [-0.1, -0.05) is 6.07 Å². The lowest BCUT2D eigenvalue weighted by atomic mass is 10.1. The second kappa shape index (κ2) is 6.57. The molecule has 0 saturated carbocycles. The summed E-state index contributed by atoms with van der Waals surface area (Å²) >= 11 is 0. The molecule has 0 aliphatic heterocycles. The zero-order chi connectivity index (χ0) is 13.5. The lowest BCUT2D eigenvalue weighted by Gasteiger charge is -2.14. The molecule has 0 fully saturated rings. The predicted octanol–water partition coefficient (Wildman–Crippen LogP) is 2.30. The standard InChI is InChI=1S/C12H15N3O3/c1-9(6-7-18-2)14-11-5-3-4-10(8-13)12(11)15(16)17/h3-5,9,14H,6-7H2,1-2H3. The molecule has 6 heteroatoms. The molecule has 18 heavy (non-hydrogen) atoms. The Balaban J connectivity index is 2.95. The molecule has 96 valence electrons. The summed E-state index contributed by atoms with van der Waals surface area (Å²) in [5.41, 5.74) is 0.246. The van der Waals surface area contributed by atoms with E-state index in [1.54, 1.807) is 19.2 Å². The van der Waals surface area contributed by atoms with E-state index in [9.17, 15) is 10.1 Å². The number of benzene rings is 1. The smallest absolute Gasteiger partial charge is 0.309 e. The highest BCUT2D eigenvalue weighted by Gasteiger charge is 2.20. The largest absolute Gasteiger partial charge is 0.385 e. The van der Waals surface area contributed by atoms with Gasteiger partial charge in [-0.25, -0.2) is 0 Å². The zero-order valence-electron chi connectivity index (χ0n) is 10.3. The first kappa shape index (κ1) is 13.9. The number of nitro benzene ring substituents is 1. The first-order valence-electron chi connectivity index (χ1n) is 5.53. The lowest BCUT2D eigenvalue weighted by molar-refractivity contribution is -0.384. The first-order chi connectivity index (χ1) is 8.60. The van der Waals surface area contributed by atoms with Gasteiger partial charge >= 0.3 is 5.69 Å². The minimum absolute atomic E-state index is 0.0255. The molecule has 0 heterocycles. The van der Waals surface area contributed by atoms with Crippen LogP contribution >= 0.6 is 0 Å². The topological polar surface area (TPSA) is 88.2 Å². The third-order valence-electron chi connectivity index (χ3n) is 2.50. The molecule has 1 N–H and O–H groups in total. The number of nitro groups is 1. The summed E-state index contributed by atoms with van der Waals surface area (Å²) in [6, 6.07) is 6.51. The molecule has 1 unspecified atom stereocenters.